The van der Waals surface area contributed by atoms with Gasteiger partial charge < -0.3 is 67.5 Å². The number of fused-ring (bicyclic) bond motifs is 6. The van der Waals surface area contributed by atoms with Gasteiger partial charge in [-0.05, 0) is 75.0 Å². The number of allylic oxidation sites excluding steroid dienone is 6. The molecule has 1 unspecified atom stereocenters. The Bertz CT molecular complexity index is 2590. The molecule has 0 aliphatic carbocycles. The molecule has 5 rings (SSSR count). The molecule has 5 aliphatic heterocycles. The van der Waals surface area contributed by atoms with Gasteiger partial charge in [0.1, 0.15) is 6.54 Å². The molecule has 434 valence electrons. The van der Waals surface area contributed by atoms with Crippen molar-refractivity contribution in [1.29, 1.82) is 10.5 Å². The zero-order chi connectivity index (χ0) is 59.3. The van der Waals surface area contributed by atoms with E-state index in [1.807, 2.05) is 61.5 Å². The van der Waals surface area contributed by atoms with E-state index in [1.165, 1.54) is 49.8 Å². The van der Waals surface area contributed by atoms with Gasteiger partial charge in [0, 0.05) is 95.4 Å². The van der Waals surface area contributed by atoms with Gasteiger partial charge in [-0.3, -0.25) is 53.3 Å². The van der Waals surface area contributed by atoms with Crippen molar-refractivity contribution >= 4 is 64.8 Å². The van der Waals surface area contributed by atoms with Crippen molar-refractivity contribution in [2.45, 2.75) is 138 Å². The molecule has 0 aromatic carbocycles. The molecule has 8 bridgehead atoms. The Kier molecular flexibility index (Phi) is 24.6. The average molecular weight is 1150 g/mol. The van der Waals surface area contributed by atoms with Gasteiger partial charge in [0.25, 0.3) is 0 Å². The largest absolute Gasteiger partial charge is 3.00 e. The maximum atomic E-state index is 14.2. The van der Waals surface area contributed by atoms with E-state index in [9.17, 15) is 38.4 Å². The summed E-state index contributed by atoms with van der Waals surface area (Å²) in [5.74, 6) is -6.84. The molecule has 1 fully saturated rings. The van der Waals surface area contributed by atoms with Crippen LogP contribution in [-0.2, 0) is 88.3 Å². The fourth-order valence-corrected chi connectivity index (χ4v) is 12.5. The summed E-state index contributed by atoms with van der Waals surface area (Å²) in [5, 5.41) is 20.9. The molecule has 79 heavy (non-hydrogen) atoms. The fraction of sp³-hybridized carbons (Fsp3) is 0.661. The number of hydrogen-bond acceptors (Lipinski definition) is 20. The van der Waals surface area contributed by atoms with Crippen LogP contribution in [0.2, 0.25) is 0 Å². The minimum Gasteiger partial charge on any atom is -0.682 e. The monoisotopic (exact) mass is 1150 g/mol. The molecular weight excluding hydrogens is 1070 g/mol. The van der Waals surface area contributed by atoms with Crippen LogP contribution in [0.3, 0.4) is 0 Å². The Morgan fingerprint density at radius 1 is 0.595 bits per heavy atom. The maximum absolute atomic E-state index is 14.2. The van der Waals surface area contributed by atoms with Gasteiger partial charge in [-0.15, -0.1) is 0 Å². The number of nitrogens with one attached hydrogen (secondary N) is 1. The minimum absolute atomic E-state index is 0. The molecule has 0 spiro atoms. The number of carbonyl (C=O) groups is 8. The molecule has 22 nitrogen and oxygen atoms in total. The summed E-state index contributed by atoms with van der Waals surface area (Å²) in [5.41, 5.74) is -1.60. The molecule has 0 saturated carbocycles. The first kappa shape index (κ1) is 68.4. The van der Waals surface area contributed by atoms with Crippen molar-refractivity contribution in [3.63, 3.8) is 0 Å². The predicted molar refractivity (Wildman–Crippen MR) is 281 cm³/mol. The van der Waals surface area contributed by atoms with E-state index >= 15 is 0 Å². The summed E-state index contributed by atoms with van der Waals surface area (Å²) in [4.78, 5) is 124. The van der Waals surface area contributed by atoms with E-state index in [0.717, 1.165) is 0 Å². The number of hydrogen-bond donors (Lipinski definition) is 1. The first-order valence-electron chi connectivity index (χ1n) is 25.5. The maximum Gasteiger partial charge on any atom is 3.00 e. The van der Waals surface area contributed by atoms with E-state index in [2.05, 4.69) is 5.32 Å². The molecule has 1 N–H and O–H groups in total. The molecule has 9 atom stereocenters. The zero-order valence-electron chi connectivity index (χ0n) is 48.1. The van der Waals surface area contributed by atoms with Gasteiger partial charge in [0.05, 0.1) is 67.4 Å². The second-order valence-corrected chi connectivity index (χ2v) is 21.5. The number of ether oxygens (including phenoxy) is 7. The van der Waals surface area contributed by atoms with E-state index in [4.69, 9.17) is 77.1 Å². The van der Waals surface area contributed by atoms with Gasteiger partial charge in [-0.2, -0.15) is 5.70 Å². The van der Waals surface area contributed by atoms with Crippen LogP contribution in [0.5, 0.6) is 0 Å². The summed E-state index contributed by atoms with van der Waals surface area (Å²) in [6.45, 7) is 24.5. The topological polar surface area (TPSA) is 312 Å². The smallest absolute Gasteiger partial charge is 0.682 e. The van der Waals surface area contributed by atoms with Gasteiger partial charge >= 0.3 is 58.6 Å². The summed E-state index contributed by atoms with van der Waals surface area (Å²) < 4.78 is 36.3. The first-order chi connectivity index (χ1) is 36.7. The van der Waals surface area contributed by atoms with Crippen molar-refractivity contribution in [2.24, 2.45) is 60.3 Å². The van der Waals surface area contributed by atoms with Crippen LogP contribution in [-0.4, -0.2) is 133 Å². The Morgan fingerprint density at radius 3 is 1.58 bits per heavy atom. The van der Waals surface area contributed by atoms with Crippen LogP contribution in [0.4, 0.5) is 0 Å². The molecule has 23 heteroatoms. The van der Waals surface area contributed by atoms with Crippen LogP contribution in [0.1, 0.15) is 126 Å². The van der Waals surface area contributed by atoms with Crippen molar-refractivity contribution in [3.8, 4) is 0 Å². The van der Waals surface area contributed by atoms with Crippen molar-refractivity contribution < 1.29 is 88.3 Å². The number of amides is 1. The summed E-state index contributed by atoms with van der Waals surface area (Å²) >= 11 is 0. The van der Waals surface area contributed by atoms with Gasteiger partial charge in [0.2, 0.25) is 5.91 Å². The predicted octanol–water partition coefficient (Wildman–Crippen LogP) is 6.63. The van der Waals surface area contributed by atoms with Crippen LogP contribution < -0.4 is 5.32 Å². The minimum atomic E-state index is -1.43. The van der Waals surface area contributed by atoms with Crippen LogP contribution in [0, 0.1) is 69.0 Å². The molecule has 0 aromatic rings. The first-order valence-corrected chi connectivity index (χ1v) is 25.5. The van der Waals surface area contributed by atoms with Crippen LogP contribution >= 0.6 is 0 Å². The Labute approximate surface area is 474 Å². The van der Waals surface area contributed by atoms with Crippen molar-refractivity contribution in [1.82, 2.24) is 5.32 Å². The Morgan fingerprint density at radius 2 is 1.08 bits per heavy atom. The summed E-state index contributed by atoms with van der Waals surface area (Å²) in [6.07, 6.45) is 1.75. The summed E-state index contributed by atoms with van der Waals surface area (Å²) in [6, 6.07) is -0.936. The molecule has 5 aliphatic rings. The van der Waals surface area contributed by atoms with Gasteiger partial charge in [0.15, 0.2) is 0 Å². The molecule has 0 aromatic heterocycles. The van der Waals surface area contributed by atoms with Crippen molar-refractivity contribution in [2.75, 3.05) is 56.3 Å². The third-order valence-corrected chi connectivity index (χ3v) is 17.2. The quantitative estimate of drug-likeness (QED) is 0.0759. The molecule has 5 heterocycles. The number of esters is 7. The SMILES string of the molecule is COC(=O)CC[C@@H]1C2=NC(=C\C3=NC(=C(/C)C4=N[C@@](C)(C5[N-]/C(=C\2C)[C@](C)(CCC(=O)OC)[C@H]5CC(=O)OC)[C@@](C)(CC(=O)OC)[C@@H]4CCC(=O)OC)/[C@@](C)(CC(=O)NCC(=O)OC)[C@@H]3CCC(=O)OC)/C1(C)C.[C-]#N.[C-]#N.[Co+3]. The molecule has 1 saturated heterocycles. The van der Waals surface area contributed by atoms with E-state index < -0.39 is 111 Å². The number of nitrogens with zero attached hydrogens (tertiary/aromatic N) is 6. The fourth-order valence-electron chi connectivity index (χ4n) is 12.5. The van der Waals surface area contributed by atoms with E-state index in [-0.39, 0.29) is 81.0 Å². The van der Waals surface area contributed by atoms with Crippen molar-refractivity contribution in [3.05, 3.63) is 52.8 Å². The third-order valence-electron chi connectivity index (χ3n) is 17.2. The molecular formula is C56H76CoN7O15. The number of carbonyl (C=O) groups excluding carboxylic acids is 8. The van der Waals surface area contributed by atoms with Crippen LogP contribution in [0.25, 0.3) is 5.32 Å². The van der Waals surface area contributed by atoms with E-state index in [1.54, 1.807) is 0 Å². The third kappa shape index (κ3) is 13.8. The molecule has 1 amide bonds. The standard InChI is InChI=1S/C54H77N5O15.2CN.Co/c1-29-45-32(17-20-39(62)69-10)50(3,4)36(57-45)25-35-31(16-19-38(61)68-9)52(6,26-37(60)55-28-44(67)74-15)48(56-35)30(2)46-33(18-21-40(63)70-11)53(7,27-43(66)73-14)54(8,59-46)49-34(24-42(65)72-13)51(5,47(29)58-49)23-22-41(64)71-12;2*1-2;/h25,31-34,49H,16-24,26-28H2,1-15H3,(H2,55,56,57,58,59,60);;;/q;2*-1;+3/p-1/t31-,32-,33-,34+,49?,51-,52+,53+,54+;;;/m1.../s1. The Hall–Kier alpha value is -6.72. The molecule has 0 radical (unpaired) electrons. The normalized spacial score (nSPS) is 30.2. The zero-order valence-corrected chi connectivity index (χ0v) is 49.1. The Balaban J connectivity index is 0.00000417. The number of rotatable bonds is 20. The number of methoxy groups -OCH3 is 7. The second kappa shape index (κ2) is 28.4. The number of aliphatic imine (C=N–C) groups is 3. The summed E-state index contributed by atoms with van der Waals surface area (Å²) in [7, 11) is 8.99. The van der Waals surface area contributed by atoms with E-state index in [0.29, 0.717) is 51.8 Å². The van der Waals surface area contributed by atoms with Gasteiger partial charge in [-0.25, -0.2) is 0 Å². The second-order valence-electron chi connectivity index (χ2n) is 21.5. The average Bonchev–Trinajstić information content (AvgIpc) is 4.25. The van der Waals surface area contributed by atoms with Gasteiger partial charge in [-0.1, -0.05) is 40.7 Å². The van der Waals surface area contributed by atoms with Crippen LogP contribution in [0.15, 0.2) is 49.3 Å².